The molecule has 1 aliphatic rings. The van der Waals surface area contributed by atoms with Crippen LogP contribution in [0.1, 0.15) is 25.8 Å². The predicted octanol–water partition coefficient (Wildman–Crippen LogP) is 2.59. The molecule has 0 bridgehead atoms. The van der Waals surface area contributed by atoms with E-state index in [9.17, 15) is 4.79 Å². The number of hydrogen-bond donors (Lipinski definition) is 0. The third-order valence-corrected chi connectivity index (χ3v) is 3.73. The average molecular weight is 264 g/mol. The Morgan fingerprint density at radius 1 is 1.32 bits per heavy atom. The lowest BCUT2D eigenvalue weighted by Gasteiger charge is -2.25. The van der Waals surface area contributed by atoms with E-state index in [0.717, 1.165) is 23.5 Å². The number of cyclic esters (lactones) is 1. The fourth-order valence-electron chi connectivity index (χ4n) is 2.49. The molecule has 4 nitrogen and oxygen atoms in total. The molecule has 1 heterocycles. The molecule has 1 unspecified atom stereocenters. The minimum atomic E-state index is -0.425. The van der Waals surface area contributed by atoms with E-state index in [1.54, 1.807) is 14.2 Å². The number of methoxy groups -OCH3 is 2. The summed E-state index contributed by atoms with van der Waals surface area (Å²) in [4.78, 5) is 11.5. The Hall–Kier alpha value is -1.71. The van der Waals surface area contributed by atoms with Crippen LogP contribution in [-0.4, -0.2) is 25.8 Å². The lowest BCUT2D eigenvalue weighted by molar-refractivity contribution is -0.146. The van der Waals surface area contributed by atoms with Gasteiger partial charge in [0.25, 0.3) is 0 Å². The summed E-state index contributed by atoms with van der Waals surface area (Å²) in [5.41, 5.74) is 0.615. The van der Waals surface area contributed by atoms with Crippen molar-refractivity contribution in [1.82, 2.24) is 0 Å². The second-order valence-corrected chi connectivity index (χ2v) is 5.36. The van der Waals surface area contributed by atoms with Crippen molar-refractivity contribution in [2.75, 3.05) is 14.2 Å². The van der Waals surface area contributed by atoms with Gasteiger partial charge in [0.1, 0.15) is 17.1 Å². The highest BCUT2D eigenvalue weighted by Gasteiger charge is 2.41. The van der Waals surface area contributed by atoms with Gasteiger partial charge in [-0.25, -0.2) is 0 Å². The first-order valence-corrected chi connectivity index (χ1v) is 6.39. The average Bonchev–Trinajstić information content (AvgIpc) is 2.62. The number of benzene rings is 1. The van der Waals surface area contributed by atoms with Crippen LogP contribution in [0.2, 0.25) is 0 Å². The molecular formula is C15H20O4. The minimum Gasteiger partial charge on any atom is -0.497 e. The zero-order valence-electron chi connectivity index (χ0n) is 11.9. The van der Waals surface area contributed by atoms with Crippen molar-refractivity contribution in [2.24, 2.45) is 5.92 Å². The second kappa shape index (κ2) is 5.11. The van der Waals surface area contributed by atoms with Crippen LogP contribution in [0.15, 0.2) is 18.2 Å². The predicted molar refractivity (Wildman–Crippen MR) is 71.5 cm³/mol. The van der Waals surface area contributed by atoms with Crippen LogP contribution >= 0.6 is 0 Å². The summed E-state index contributed by atoms with van der Waals surface area (Å²) < 4.78 is 16.0. The molecular weight excluding hydrogens is 244 g/mol. The maximum Gasteiger partial charge on any atom is 0.306 e. The number of carbonyl (C=O) groups is 1. The molecule has 1 fully saturated rings. The third kappa shape index (κ3) is 2.83. The van der Waals surface area contributed by atoms with Gasteiger partial charge in [-0.3, -0.25) is 4.79 Å². The smallest absolute Gasteiger partial charge is 0.306 e. The quantitative estimate of drug-likeness (QED) is 0.784. The summed E-state index contributed by atoms with van der Waals surface area (Å²) in [6.07, 6.45) is 1.19. The van der Waals surface area contributed by atoms with E-state index >= 15 is 0 Å². The zero-order chi connectivity index (χ0) is 14.0. The van der Waals surface area contributed by atoms with E-state index in [-0.39, 0.29) is 11.9 Å². The molecule has 0 radical (unpaired) electrons. The molecule has 0 saturated carbocycles. The number of rotatable bonds is 4. The summed E-state index contributed by atoms with van der Waals surface area (Å²) in [7, 11) is 3.28. The van der Waals surface area contributed by atoms with E-state index in [2.05, 4.69) is 0 Å². The Balaban J connectivity index is 2.25. The molecule has 0 aliphatic carbocycles. The molecule has 0 aromatic heterocycles. The Morgan fingerprint density at radius 2 is 2.05 bits per heavy atom. The number of esters is 1. The van der Waals surface area contributed by atoms with Gasteiger partial charge in [0.05, 0.1) is 20.6 Å². The summed E-state index contributed by atoms with van der Waals surface area (Å²) in [6, 6.07) is 5.71. The summed E-state index contributed by atoms with van der Waals surface area (Å²) in [6.45, 7) is 3.91. The summed E-state index contributed by atoms with van der Waals surface area (Å²) in [5, 5.41) is 0. The van der Waals surface area contributed by atoms with Gasteiger partial charge in [-0.15, -0.1) is 0 Å². The normalized spacial score (nSPS) is 21.1. The zero-order valence-corrected chi connectivity index (χ0v) is 11.9. The van der Waals surface area contributed by atoms with Crippen molar-refractivity contribution in [3.05, 3.63) is 23.8 Å². The van der Waals surface area contributed by atoms with E-state index < -0.39 is 5.60 Å². The molecule has 1 aromatic rings. The van der Waals surface area contributed by atoms with Gasteiger partial charge in [-0.2, -0.15) is 0 Å². The van der Waals surface area contributed by atoms with Gasteiger partial charge < -0.3 is 14.2 Å². The van der Waals surface area contributed by atoms with E-state index in [1.807, 2.05) is 32.0 Å². The van der Waals surface area contributed by atoms with Crippen LogP contribution < -0.4 is 9.47 Å². The number of carbonyl (C=O) groups excluding carboxylic acids is 1. The number of ether oxygens (including phenoxy) is 3. The first kappa shape index (κ1) is 13.7. The standard InChI is InChI=1S/C15H20O4/c1-15(2)11(9-14(16)19-15)7-10-8-12(17-3)5-6-13(10)18-4/h5-6,8,11H,7,9H2,1-4H3. The first-order chi connectivity index (χ1) is 8.96. The SMILES string of the molecule is COc1ccc(OC)c(CC2CC(=O)OC2(C)C)c1. The lowest BCUT2D eigenvalue weighted by atomic mass is 9.85. The van der Waals surface area contributed by atoms with E-state index in [1.165, 1.54) is 0 Å². The highest BCUT2D eigenvalue weighted by molar-refractivity contribution is 5.72. The summed E-state index contributed by atoms with van der Waals surface area (Å²) >= 11 is 0. The molecule has 2 rings (SSSR count). The molecule has 19 heavy (non-hydrogen) atoms. The molecule has 104 valence electrons. The van der Waals surface area contributed by atoms with E-state index in [4.69, 9.17) is 14.2 Å². The highest BCUT2D eigenvalue weighted by Crippen LogP contribution is 2.37. The van der Waals surface area contributed by atoms with Crippen LogP contribution in [0.4, 0.5) is 0 Å². The van der Waals surface area contributed by atoms with Crippen molar-refractivity contribution in [2.45, 2.75) is 32.3 Å². The molecule has 1 aromatic carbocycles. The summed E-state index contributed by atoms with van der Waals surface area (Å²) in [5.74, 6) is 1.63. The van der Waals surface area contributed by atoms with Crippen LogP contribution in [-0.2, 0) is 16.0 Å². The Morgan fingerprint density at radius 3 is 2.58 bits per heavy atom. The van der Waals surface area contributed by atoms with E-state index in [0.29, 0.717) is 6.42 Å². The minimum absolute atomic E-state index is 0.128. The fourth-order valence-corrected chi connectivity index (χ4v) is 2.49. The van der Waals surface area contributed by atoms with Gasteiger partial charge in [-0.05, 0) is 44.0 Å². The fraction of sp³-hybridized carbons (Fsp3) is 0.533. The van der Waals surface area contributed by atoms with Crippen LogP contribution in [0.3, 0.4) is 0 Å². The van der Waals surface area contributed by atoms with Crippen molar-refractivity contribution in [1.29, 1.82) is 0 Å². The van der Waals surface area contributed by atoms with Crippen molar-refractivity contribution >= 4 is 5.97 Å². The molecule has 0 N–H and O–H groups in total. The Bertz CT molecular complexity index is 479. The molecule has 1 saturated heterocycles. The van der Waals surface area contributed by atoms with Crippen LogP contribution in [0, 0.1) is 5.92 Å². The lowest BCUT2D eigenvalue weighted by Crippen LogP contribution is -2.29. The van der Waals surface area contributed by atoms with Gasteiger partial charge in [0.15, 0.2) is 0 Å². The topological polar surface area (TPSA) is 44.8 Å². The third-order valence-electron chi connectivity index (χ3n) is 3.73. The molecule has 0 amide bonds. The monoisotopic (exact) mass is 264 g/mol. The Labute approximate surface area is 113 Å². The highest BCUT2D eigenvalue weighted by atomic mass is 16.6. The largest absolute Gasteiger partial charge is 0.497 e. The van der Waals surface area contributed by atoms with Gasteiger partial charge in [-0.1, -0.05) is 0 Å². The molecule has 1 aliphatic heterocycles. The first-order valence-electron chi connectivity index (χ1n) is 6.39. The van der Waals surface area contributed by atoms with Crippen LogP contribution in [0.5, 0.6) is 11.5 Å². The van der Waals surface area contributed by atoms with Gasteiger partial charge >= 0.3 is 5.97 Å². The van der Waals surface area contributed by atoms with Gasteiger partial charge in [0.2, 0.25) is 0 Å². The van der Waals surface area contributed by atoms with Crippen LogP contribution in [0.25, 0.3) is 0 Å². The molecule has 4 heteroatoms. The maximum absolute atomic E-state index is 11.5. The van der Waals surface area contributed by atoms with Crippen molar-refractivity contribution in [3.8, 4) is 11.5 Å². The van der Waals surface area contributed by atoms with Gasteiger partial charge in [0, 0.05) is 5.92 Å². The van der Waals surface area contributed by atoms with Crippen molar-refractivity contribution in [3.63, 3.8) is 0 Å². The molecule has 1 atom stereocenters. The number of hydrogen-bond acceptors (Lipinski definition) is 4. The molecule has 0 spiro atoms. The van der Waals surface area contributed by atoms with Crippen molar-refractivity contribution < 1.29 is 19.0 Å². The second-order valence-electron chi connectivity index (χ2n) is 5.36. The maximum atomic E-state index is 11.5. The Kier molecular flexibility index (Phi) is 3.69.